The zero-order chi connectivity index (χ0) is 18.6. The van der Waals surface area contributed by atoms with E-state index in [0.717, 1.165) is 6.07 Å². The van der Waals surface area contributed by atoms with Crippen molar-refractivity contribution in [3.8, 4) is 5.75 Å². The van der Waals surface area contributed by atoms with Crippen LogP contribution in [0.4, 0.5) is 18.9 Å². The van der Waals surface area contributed by atoms with Crippen molar-refractivity contribution in [1.82, 2.24) is 9.97 Å². The number of hydrogen-bond donors (Lipinski definition) is 2. The molecule has 0 radical (unpaired) electrons. The van der Waals surface area contributed by atoms with Crippen molar-refractivity contribution in [1.29, 1.82) is 0 Å². The van der Waals surface area contributed by atoms with Crippen LogP contribution in [0.25, 0.3) is 0 Å². The average molecular weight is 355 g/mol. The first-order valence-electron chi connectivity index (χ1n) is 7.35. The van der Waals surface area contributed by atoms with E-state index in [1.165, 1.54) is 19.1 Å². The van der Waals surface area contributed by atoms with Gasteiger partial charge in [0.1, 0.15) is 11.4 Å². The number of ether oxygens (including phenoxy) is 1. The van der Waals surface area contributed by atoms with Crippen molar-refractivity contribution in [3.05, 3.63) is 47.0 Å². The number of aliphatic hydroxyl groups excluding tert-OH is 1. The lowest BCUT2D eigenvalue weighted by Crippen LogP contribution is -2.19. The third kappa shape index (κ3) is 4.66. The first-order valence-corrected chi connectivity index (χ1v) is 7.35. The summed E-state index contributed by atoms with van der Waals surface area (Å²) in [6.45, 7) is 3.21. The smallest absolute Gasteiger partial charge is 0.451 e. The molecule has 9 heteroatoms. The van der Waals surface area contributed by atoms with E-state index in [9.17, 15) is 23.1 Å². The average Bonchev–Trinajstić information content (AvgIpc) is 2.55. The van der Waals surface area contributed by atoms with E-state index in [1.807, 2.05) is 0 Å². The molecule has 0 spiro atoms. The fourth-order valence-electron chi connectivity index (χ4n) is 2.08. The molecule has 0 saturated heterocycles. The van der Waals surface area contributed by atoms with Crippen LogP contribution in [-0.2, 0) is 12.8 Å². The van der Waals surface area contributed by atoms with Gasteiger partial charge in [0.15, 0.2) is 0 Å². The molecule has 0 aliphatic rings. The van der Waals surface area contributed by atoms with E-state index < -0.39 is 23.6 Å². The van der Waals surface area contributed by atoms with Crippen molar-refractivity contribution in [2.45, 2.75) is 26.6 Å². The van der Waals surface area contributed by atoms with Crippen LogP contribution >= 0.6 is 0 Å². The largest absolute Gasteiger partial charge is 0.494 e. The number of benzene rings is 1. The fraction of sp³-hybridized carbons (Fsp3) is 0.312. The third-order valence-corrected chi connectivity index (χ3v) is 3.13. The number of carbonyl (C=O) groups is 1. The number of aliphatic hydroxyl groups is 1. The summed E-state index contributed by atoms with van der Waals surface area (Å²) >= 11 is 0. The molecule has 1 heterocycles. The first kappa shape index (κ1) is 18.7. The van der Waals surface area contributed by atoms with Gasteiger partial charge in [0.05, 0.1) is 13.2 Å². The Labute approximate surface area is 141 Å². The molecule has 2 N–H and O–H groups in total. The number of alkyl halides is 3. The molecule has 1 aromatic carbocycles. The number of nitrogens with zero attached hydrogens (tertiary/aromatic N) is 2. The van der Waals surface area contributed by atoms with Gasteiger partial charge in [0.2, 0.25) is 5.82 Å². The molecular weight excluding hydrogens is 339 g/mol. The molecule has 2 aromatic rings. The summed E-state index contributed by atoms with van der Waals surface area (Å²) < 4.78 is 43.6. The molecule has 0 saturated carbocycles. The Morgan fingerprint density at radius 1 is 1.28 bits per heavy atom. The van der Waals surface area contributed by atoms with Gasteiger partial charge in [0, 0.05) is 16.9 Å². The second-order valence-electron chi connectivity index (χ2n) is 5.08. The first-order chi connectivity index (χ1) is 11.7. The zero-order valence-electron chi connectivity index (χ0n) is 13.5. The predicted molar refractivity (Wildman–Crippen MR) is 83.3 cm³/mol. The van der Waals surface area contributed by atoms with Gasteiger partial charge < -0.3 is 15.2 Å². The van der Waals surface area contributed by atoms with E-state index in [1.54, 1.807) is 13.0 Å². The molecule has 0 aliphatic carbocycles. The minimum Gasteiger partial charge on any atom is -0.494 e. The number of amides is 1. The quantitative estimate of drug-likeness (QED) is 0.861. The monoisotopic (exact) mass is 355 g/mol. The lowest BCUT2D eigenvalue weighted by molar-refractivity contribution is -0.145. The molecule has 0 atom stereocenters. The van der Waals surface area contributed by atoms with Crippen LogP contribution in [0.1, 0.15) is 34.5 Å². The van der Waals surface area contributed by atoms with Crippen molar-refractivity contribution < 1.29 is 27.8 Å². The van der Waals surface area contributed by atoms with E-state index in [2.05, 4.69) is 15.3 Å². The topological polar surface area (TPSA) is 84.3 Å². The molecule has 1 amide bonds. The number of carbonyl (C=O) groups excluding carboxylic acids is 1. The highest BCUT2D eigenvalue weighted by Gasteiger charge is 2.35. The number of anilines is 1. The Hall–Kier alpha value is -2.68. The van der Waals surface area contributed by atoms with Crippen molar-refractivity contribution in [3.63, 3.8) is 0 Å². The maximum Gasteiger partial charge on any atom is 0.451 e. The minimum atomic E-state index is -4.75. The second kappa shape index (κ2) is 7.47. The summed E-state index contributed by atoms with van der Waals surface area (Å²) in [6, 6.07) is 5.70. The Kier molecular flexibility index (Phi) is 5.58. The maximum atomic E-state index is 12.8. The lowest BCUT2D eigenvalue weighted by Gasteiger charge is -2.12. The van der Waals surface area contributed by atoms with E-state index in [4.69, 9.17) is 4.74 Å². The Bertz CT molecular complexity index is 779. The SMILES string of the molecule is CCOc1ccc(NC(=O)c2cc(C)nc(C(F)(F)F)n2)cc1CO. The van der Waals surface area contributed by atoms with Gasteiger partial charge in [-0.3, -0.25) is 4.79 Å². The summed E-state index contributed by atoms with van der Waals surface area (Å²) in [6.07, 6.45) is -4.75. The van der Waals surface area contributed by atoms with Gasteiger partial charge in [0.25, 0.3) is 5.91 Å². The zero-order valence-corrected chi connectivity index (χ0v) is 13.5. The molecule has 0 aliphatic heterocycles. The lowest BCUT2D eigenvalue weighted by atomic mass is 10.2. The summed E-state index contributed by atoms with van der Waals surface area (Å²) in [5, 5.41) is 11.8. The van der Waals surface area contributed by atoms with Gasteiger partial charge >= 0.3 is 6.18 Å². The molecule has 0 fully saturated rings. The van der Waals surface area contributed by atoms with E-state index >= 15 is 0 Å². The van der Waals surface area contributed by atoms with E-state index in [0.29, 0.717) is 23.6 Å². The van der Waals surface area contributed by atoms with Crippen LogP contribution in [0, 0.1) is 6.92 Å². The van der Waals surface area contributed by atoms with Gasteiger partial charge in [-0.2, -0.15) is 13.2 Å². The van der Waals surface area contributed by atoms with Crippen molar-refractivity contribution >= 4 is 11.6 Å². The normalized spacial score (nSPS) is 11.3. The molecule has 134 valence electrons. The van der Waals surface area contributed by atoms with Gasteiger partial charge in [-0.1, -0.05) is 0 Å². The highest BCUT2D eigenvalue weighted by molar-refractivity contribution is 6.03. The Morgan fingerprint density at radius 2 is 2.00 bits per heavy atom. The highest BCUT2D eigenvalue weighted by atomic mass is 19.4. The number of nitrogens with one attached hydrogen (secondary N) is 1. The highest BCUT2D eigenvalue weighted by Crippen LogP contribution is 2.27. The molecule has 0 unspecified atom stereocenters. The Balaban J connectivity index is 2.27. The van der Waals surface area contributed by atoms with Crippen LogP contribution < -0.4 is 10.1 Å². The molecule has 25 heavy (non-hydrogen) atoms. The Morgan fingerprint density at radius 3 is 2.60 bits per heavy atom. The summed E-state index contributed by atoms with van der Waals surface area (Å²) in [7, 11) is 0. The molecular formula is C16H16F3N3O3. The number of hydrogen-bond acceptors (Lipinski definition) is 5. The summed E-state index contributed by atoms with van der Waals surface area (Å²) in [5.41, 5.74) is 0.353. The molecule has 0 bridgehead atoms. The second-order valence-corrected chi connectivity index (χ2v) is 5.08. The predicted octanol–water partition coefficient (Wildman–Crippen LogP) is 2.95. The maximum absolute atomic E-state index is 12.8. The van der Waals surface area contributed by atoms with Crippen LogP contribution in [0.15, 0.2) is 24.3 Å². The number of halogens is 3. The van der Waals surface area contributed by atoms with Crippen LogP contribution in [0.2, 0.25) is 0 Å². The minimum absolute atomic E-state index is 0.0233. The molecule has 1 aromatic heterocycles. The standard InChI is InChI=1S/C16H16F3N3O3/c1-3-25-13-5-4-11(7-10(13)8-23)21-14(24)12-6-9(2)20-15(22-12)16(17,18)19/h4-7,23H,3,8H2,1-2H3,(H,21,24). The van der Waals surface area contributed by atoms with Gasteiger partial charge in [-0.05, 0) is 38.1 Å². The number of aryl methyl sites for hydroxylation is 1. The summed E-state index contributed by atoms with van der Waals surface area (Å²) in [5.74, 6) is -1.73. The van der Waals surface area contributed by atoms with Crippen LogP contribution in [-0.4, -0.2) is 27.6 Å². The van der Waals surface area contributed by atoms with Crippen LogP contribution in [0.3, 0.4) is 0 Å². The number of rotatable bonds is 5. The third-order valence-electron chi connectivity index (χ3n) is 3.13. The molecule has 6 nitrogen and oxygen atoms in total. The van der Waals surface area contributed by atoms with Gasteiger partial charge in [-0.15, -0.1) is 0 Å². The van der Waals surface area contributed by atoms with Crippen molar-refractivity contribution in [2.24, 2.45) is 0 Å². The summed E-state index contributed by atoms with van der Waals surface area (Å²) in [4.78, 5) is 18.7. The molecule has 2 rings (SSSR count). The van der Waals surface area contributed by atoms with E-state index in [-0.39, 0.29) is 12.3 Å². The van der Waals surface area contributed by atoms with Gasteiger partial charge in [-0.25, -0.2) is 9.97 Å². The van der Waals surface area contributed by atoms with Crippen LogP contribution in [0.5, 0.6) is 5.75 Å². The number of aromatic nitrogens is 2. The van der Waals surface area contributed by atoms with Crippen molar-refractivity contribution in [2.75, 3.05) is 11.9 Å². The fourth-order valence-corrected chi connectivity index (χ4v) is 2.08.